The summed E-state index contributed by atoms with van der Waals surface area (Å²) in [7, 11) is 0. The average molecular weight is 480 g/mol. The fraction of sp³-hybridized carbons (Fsp3) is 0.160. The molecule has 0 aliphatic heterocycles. The van der Waals surface area contributed by atoms with E-state index in [1.165, 1.54) is 0 Å². The second-order valence-electron chi connectivity index (χ2n) is 7.70. The van der Waals surface area contributed by atoms with Crippen molar-refractivity contribution in [3.63, 3.8) is 0 Å². The molecule has 0 aliphatic rings. The number of rotatable bonds is 6. The number of aliphatic carboxylic acids is 1. The summed E-state index contributed by atoms with van der Waals surface area (Å²) >= 11 is 6.84. The zero-order valence-corrected chi connectivity index (χ0v) is 20.2. The summed E-state index contributed by atoms with van der Waals surface area (Å²) in [5.74, 6) is -0.768. The Morgan fingerprint density at radius 2 is 1.73 bits per heavy atom. The van der Waals surface area contributed by atoms with Crippen molar-refractivity contribution in [2.75, 3.05) is 0 Å². The van der Waals surface area contributed by atoms with Gasteiger partial charge in [0.25, 0.3) is 5.22 Å². The maximum absolute atomic E-state index is 12.0. The molecule has 0 saturated heterocycles. The van der Waals surface area contributed by atoms with Crippen molar-refractivity contribution >= 4 is 35.4 Å². The van der Waals surface area contributed by atoms with E-state index >= 15 is 0 Å². The Morgan fingerprint density at radius 3 is 2.36 bits per heavy atom. The number of benzene rings is 2. The van der Waals surface area contributed by atoms with Crippen LogP contribution >= 0.6 is 23.4 Å². The van der Waals surface area contributed by atoms with Crippen molar-refractivity contribution in [3.05, 3.63) is 86.5 Å². The zero-order valence-electron chi connectivity index (χ0n) is 18.6. The van der Waals surface area contributed by atoms with Crippen LogP contribution in [0.15, 0.2) is 63.1 Å². The van der Waals surface area contributed by atoms with Gasteiger partial charge in [0.05, 0.1) is 5.69 Å². The summed E-state index contributed by atoms with van der Waals surface area (Å²) in [6.07, 6.45) is 1.64. The van der Waals surface area contributed by atoms with Gasteiger partial charge in [0.2, 0.25) is 5.89 Å². The SMILES string of the molecule is Cc1cccc(C)c1-n1c(C)cc(/C=C(\Sc2nnc(-c3ccc(Cl)cc3)o2)C(=O)O)c1C. The first-order valence-corrected chi connectivity index (χ1v) is 11.4. The molecule has 8 heteroatoms. The second kappa shape index (κ2) is 9.29. The van der Waals surface area contributed by atoms with Gasteiger partial charge in [-0.05, 0) is 92.6 Å². The first kappa shape index (κ1) is 22.9. The lowest BCUT2D eigenvalue weighted by molar-refractivity contribution is -0.131. The Labute approximate surface area is 200 Å². The van der Waals surface area contributed by atoms with Crippen LogP contribution in [0.3, 0.4) is 0 Å². The molecule has 33 heavy (non-hydrogen) atoms. The summed E-state index contributed by atoms with van der Waals surface area (Å²) in [6.45, 7) is 8.15. The predicted octanol–water partition coefficient (Wildman–Crippen LogP) is 6.63. The van der Waals surface area contributed by atoms with Crippen LogP contribution in [0.25, 0.3) is 23.2 Å². The number of halogens is 1. The van der Waals surface area contributed by atoms with E-state index in [1.807, 2.05) is 26.0 Å². The summed E-state index contributed by atoms with van der Waals surface area (Å²) in [6, 6.07) is 15.1. The van der Waals surface area contributed by atoms with Gasteiger partial charge in [0.1, 0.15) is 4.91 Å². The molecule has 0 unspecified atom stereocenters. The van der Waals surface area contributed by atoms with E-state index in [0.29, 0.717) is 16.5 Å². The molecule has 2 aromatic carbocycles. The number of nitrogens with zero attached hydrogens (tertiary/aromatic N) is 3. The van der Waals surface area contributed by atoms with Gasteiger partial charge in [-0.2, -0.15) is 0 Å². The van der Waals surface area contributed by atoms with E-state index in [9.17, 15) is 9.90 Å². The molecule has 2 heterocycles. The number of carboxylic acids is 1. The Hall–Kier alpha value is -3.29. The molecule has 0 bridgehead atoms. The van der Waals surface area contributed by atoms with E-state index in [4.69, 9.17) is 16.0 Å². The Morgan fingerprint density at radius 1 is 1.06 bits per heavy atom. The molecule has 0 amide bonds. The summed E-state index contributed by atoms with van der Waals surface area (Å²) in [4.78, 5) is 12.1. The second-order valence-corrected chi connectivity index (χ2v) is 9.13. The number of aromatic nitrogens is 3. The van der Waals surface area contributed by atoms with Crippen molar-refractivity contribution in [2.45, 2.75) is 32.9 Å². The summed E-state index contributed by atoms with van der Waals surface area (Å²) in [5.41, 5.74) is 6.92. The lowest BCUT2D eigenvalue weighted by Gasteiger charge is -2.15. The van der Waals surface area contributed by atoms with E-state index in [1.54, 1.807) is 30.3 Å². The Kier molecular flexibility index (Phi) is 6.44. The maximum Gasteiger partial charge on any atom is 0.342 e. The lowest BCUT2D eigenvalue weighted by Crippen LogP contribution is -2.04. The van der Waals surface area contributed by atoms with Crippen LogP contribution in [0.2, 0.25) is 5.02 Å². The van der Waals surface area contributed by atoms with Crippen molar-refractivity contribution in [1.29, 1.82) is 0 Å². The molecular weight excluding hydrogens is 458 g/mol. The fourth-order valence-corrected chi connectivity index (χ4v) is 4.56. The molecule has 0 fully saturated rings. The van der Waals surface area contributed by atoms with Crippen LogP contribution in [0.5, 0.6) is 0 Å². The van der Waals surface area contributed by atoms with Gasteiger partial charge in [-0.3, -0.25) is 0 Å². The van der Waals surface area contributed by atoms with Crippen LogP contribution in [0, 0.1) is 27.7 Å². The molecule has 168 valence electrons. The van der Waals surface area contributed by atoms with Crippen LogP contribution in [-0.4, -0.2) is 25.8 Å². The number of thioether (sulfide) groups is 1. The van der Waals surface area contributed by atoms with Gasteiger partial charge in [-0.25, -0.2) is 4.79 Å². The minimum absolute atomic E-state index is 0.0862. The fourth-order valence-electron chi connectivity index (χ4n) is 3.77. The number of hydrogen-bond donors (Lipinski definition) is 1. The highest BCUT2D eigenvalue weighted by Gasteiger charge is 2.19. The highest BCUT2D eigenvalue weighted by Crippen LogP contribution is 2.33. The average Bonchev–Trinajstić information content (AvgIpc) is 3.33. The largest absolute Gasteiger partial charge is 0.477 e. The molecule has 4 rings (SSSR count). The highest BCUT2D eigenvalue weighted by molar-refractivity contribution is 8.03. The molecule has 0 aliphatic carbocycles. The molecule has 6 nitrogen and oxygen atoms in total. The summed E-state index contributed by atoms with van der Waals surface area (Å²) < 4.78 is 7.83. The lowest BCUT2D eigenvalue weighted by atomic mass is 10.1. The number of para-hydroxylation sites is 1. The quantitative estimate of drug-likeness (QED) is 0.247. The van der Waals surface area contributed by atoms with Crippen molar-refractivity contribution in [2.24, 2.45) is 0 Å². The predicted molar refractivity (Wildman–Crippen MR) is 131 cm³/mol. The first-order valence-electron chi connectivity index (χ1n) is 10.2. The third kappa shape index (κ3) is 4.74. The standard InChI is InChI=1S/C25H22ClN3O3S/c1-14-6-5-7-15(2)22(14)29-16(3)12-19(17(29)4)13-21(24(30)31)33-25-28-27-23(32-25)18-8-10-20(26)11-9-18/h5-13H,1-4H3,(H,30,31)/b21-13-. The first-order chi connectivity index (χ1) is 15.7. The van der Waals surface area contributed by atoms with Gasteiger partial charge < -0.3 is 14.1 Å². The normalized spacial score (nSPS) is 11.7. The molecule has 2 aromatic heterocycles. The highest BCUT2D eigenvalue weighted by atomic mass is 35.5. The van der Waals surface area contributed by atoms with Gasteiger partial charge >= 0.3 is 5.97 Å². The van der Waals surface area contributed by atoms with Gasteiger partial charge in [0.15, 0.2) is 0 Å². The topological polar surface area (TPSA) is 81.2 Å². The molecule has 0 saturated carbocycles. The molecule has 0 radical (unpaired) electrons. The van der Waals surface area contributed by atoms with Crippen LogP contribution in [0.4, 0.5) is 0 Å². The maximum atomic E-state index is 12.0. The number of carbonyl (C=O) groups is 1. The van der Waals surface area contributed by atoms with E-state index < -0.39 is 5.97 Å². The van der Waals surface area contributed by atoms with Gasteiger partial charge in [-0.1, -0.05) is 29.8 Å². The smallest absolute Gasteiger partial charge is 0.342 e. The minimum Gasteiger partial charge on any atom is -0.477 e. The minimum atomic E-state index is -1.07. The van der Waals surface area contributed by atoms with Crippen LogP contribution < -0.4 is 0 Å². The molecule has 1 N–H and O–H groups in total. The van der Waals surface area contributed by atoms with Crippen molar-refractivity contribution in [1.82, 2.24) is 14.8 Å². The molecule has 0 spiro atoms. The monoisotopic (exact) mass is 479 g/mol. The molecule has 4 aromatic rings. The number of hydrogen-bond acceptors (Lipinski definition) is 5. The molecular formula is C25H22ClN3O3S. The van der Waals surface area contributed by atoms with Gasteiger partial charge in [-0.15, -0.1) is 10.2 Å². The Bertz CT molecular complexity index is 1350. The van der Waals surface area contributed by atoms with E-state index in [-0.39, 0.29) is 10.1 Å². The van der Waals surface area contributed by atoms with Crippen LogP contribution in [-0.2, 0) is 4.79 Å². The third-order valence-electron chi connectivity index (χ3n) is 5.33. The van der Waals surface area contributed by atoms with Crippen molar-refractivity contribution in [3.8, 4) is 17.1 Å². The van der Waals surface area contributed by atoms with Crippen molar-refractivity contribution < 1.29 is 14.3 Å². The molecule has 0 atom stereocenters. The van der Waals surface area contributed by atoms with E-state index in [0.717, 1.165) is 45.5 Å². The van der Waals surface area contributed by atoms with Gasteiger partial charge in [0, 0.05) is 22.0 Å². The number of aryl methyl sites for hydroxylation is 3. The zero-order chi connectivity index (χ0) is 23.7. The Balaban J connectivity index is 1.67. The van der Waals surface area contributed by atoms with E-state index in [2.05, 4.69) is 40.7 Å². The third-order valence-corrected chi connectivity index (χ3v) is 6.43. The van der Waals surface area contributed by atoms with Crippen LogP contribution in [0.1, 0.15) is 28.1 Å². The number of carboxylic acid groups (broad SMARTS) is 1. The summed E-state index contributed by atoms with van der Waals surface area (Å²) in [5, 5.41) is 18.6.